The van der Waals surface area contributed by atoms with Gasteiger partial charge in [0.05, 0.1) is 6.04 Å². The first-order valence-corrected chi connectivity index (χ1v) is 9.10. The Hall–Kier alpha value is -2.09. The highest BCUT2D eigenvalue weighted by molar-refractivity contribution is 7.89. The van der Waals surface area contributed by atoms with Crippen LogP contribution in [0.5, 0.6) is 0 Å². The summed E-state index contributed by atoms with van der Waals surface area (Å²) in [5.74, 6) is 1.29. The molecule has 2 N–H and O–H groups in total. The number of rotatable bonds is 5. The molecule has 0 bridgehead atoms. The Bertz CT molecular complexity index is 968. The zero-order chi connectivity index (χ0) is 17.3. The number of anilines is 1. The molecule has 0 radical (unpaired) electrons. The fourth-order valence-electron chi connectivity index (χ4n) is 2.28. The lowest BCUT2D eigenvalue weighted by Gasteiger charge is -2.12. The second kappa shape index (κ2) is 6.43. The molecule has 0 saturated heterocycles. The Morgan fingerprint density at radius 3 is 2.67 bits per heavy atom. The van der Waals surface area contributed by atoms with Crippen LogP contribution in [0.4, 0.5) is 5.82 Å². The van der Waals surface area contributed by atoms with Crippen molar-refractivity contribution in [1.82, 2.24) is 9.71 Å². The molecule has 1 unspecified atom stereocenters. The van der Waals surface area contributed by atoms with Gasteiger partial charge in [-0.3, -0.25) is 0 Å². The van der Waals surface area contributed by atoms with Crippen molar-refractivity contribution in [2.75, 3.05) is 12.4 Å². The first kappa shape index (κ1) is 16.8. The van der Waals surface area contributed by atoms with Gasteiger partial charge in [-0.25, -0.2) is 18.1 Å². The minimum Gasteiger partial charge on any atom is -0.459 e. The average Bonchev–Trinajstić information content (AvgIpc) is 2.98. The second-order valence-electron chi connectivity index (χ2n) is 5.28. The lowest BCUT2D eigenvalue weighted by molar-refractivity contribution is 0.525. The van der Waals surface area contributed by atoms with E-state index in [4.69, 9.17) is 16.0 Å². The van der Waals surface area contributed by atoms with Gasteiger partial charge in [0.2, 0.25) is 10.0 Å². The third-order valence-electron chi connectivity index (χ3n) is 3.60. The van der Waals surface area contributed by atoms with Crippen LogP contribution < -0.4 is 10.0 Å². The molecular formula is C16H16ClN3O3S. The number of halogens is 1. The number of nitrogens with zero attached hydrogens (tertiary/aromatic N) is 1. The van der Waals surface area contributed by atoms with Crippen LogP contribution in [0, 0.1) is 0 Å². The normalized spacial score (nSPS) is 13.1. The summed E-state index contributed by atoms with van der Waals surface area (Å²) < 4.78 is 31.4. The third kappa shape index (κ3) is 3.38. The Morgan fingerprint density at radius 1 is 1.21 bits per heavy atom. The van der Waals surface area contributed by atoms with Gasteiger partial charge in [-0.05, 0) is 50.4 Å². The molecule has 6 nitrogen and oxygen atoms in total. The van der Waals surface area contributed by atoms with Crippen LogP contribution in [-0.4, -0.2) is 20.4 Å². The van der Waals surface area contributed by atoms with E-state index in [1.807, 2.05) is 25.1 Å². The van der Waals surface area contributed by atoms with Crippen molar-refractivity contribution in [3.63, 3.8) is 0 Å². The number of pyridine rings is 1. The lowest BCUT2D eigenvalue weighted by atomic mass is 10.2. The summed E-state index contributed by atoms with van der Waals surface area (Å²) in [7, 11) is -2.13. The molecule has 24 heavy (non-hydrogen) atoms. The number of fused-ring (bicyclic) bond motifs is 1. The Labute approximate surface area is 144 Å². The van der Waals surface area contributed by atoms with Crippen molar-refractivity contribution >= 4 is 38.4 Å². The molecule has 0 aliphatic carbocycles. The van der Waals surface area contributed by atoms with Gasteiger partial charge in [0.25, 0.3) is 0 Å². The summed E-state index contributed by atoms with van der Waals surface area (Å²) in [6.45, 7) is 1.93. The molecule has 1 atom stereocenters. The minimum atomic E-state index is -3.49. The molecule has 3 rings (SSSR count). The summed E-state index contributed by atoms with van der Waals surface area (Å²) in [5.41, 5.74) is 0.756. The summed E-state index contributed by atoms with van der Waals surface area (Å²) >= 11 is 5.98. The Kier molecular flexibility index (Phi) is 4.49. The molecule has 2 heterocycles. The fraction of sp³-hybridized carbons (Fsp3) is 0.188. The lowest BCUT2D eigenvalue weighted by Crippen LogP contribution is -2.18. The van der Waals surface area contributed by atoms with Gasteiger partial charge in [-0.2, -0.15) is 0 Å². The molecule has 0 saturated carbocycles. The van der Waals surface area contributed by atoms with Crippen LogP contribution in [0.25, 0.3) is 11.0 Å². The summed E-state index contributed by atoms with van der Waals surface area (Å²) in [4.78, 5) is 4.25. The van der Waals surface area contributed by atoms with E-state index in [0.717, 1.165) is 16.7 Å². The molecule has 0 amide bonds. The van der Waals surface area contributed by atoms with E-state index in [1.165, 1.54) is 19.3 Å². The SMILES string of the molecule is CNS(=O)(=O)c1ccc(NC(C)c2cc3cc(Cl)ccc3o2)nc1. The van der Waals surface area contributed by atoms with E-state index in [2.05, 4.69) is 15.0 Å². The van der Waals surface area contributed by atoms with Gasteiger partial charge in [-0.1, -0.05) is 11.6 Å². The van der Waals surface area contributed by atoms with Crippen LogP contribution in [0.1, 0.15) is 18.7 Å². The molecule has 0 spiro atoms. The molecule has 3 aromatic rings. The number of furan rings is 1. The molecule has 2 aromatic heterocycles. The number of nitrogens with one attached hydrogen (secondary N) is 2. The molecule has 126 valence electrons. The van der Waals surface area contributed by atoms with Gasteiger partial charge in [0.1, 0.15) is 22.1 Å². The quantitative estimate of drug-likeness (QED) is 0.722. The first-order chi connectivity index (χ1) is 11.4. The maximum atomic E-state index is 11.7. The van der Waals surface area contributed by atoms with Crippen LogP contribution >= 0.6 is 11.6 Å². The van der Waals surface area contributed by atoms with Crippen molar-refractivity contribution < 1.29 is 12.8 Å². The van der Waals surface area contributed by atoms with Gasteiger partial charge < -0.3 is 9.73 Å². The average molecular weight is 366 g/mol. The number of aromatic nitrogens is 1. The van der Waals surface area contributed by atoms with E-state index in [1.54, 1.807) is 12.1 Å². The Balaban J connectivity index is 1.79. The molecule has 8 heteroatoms. The topological polar surface area (TPSA) is 84.2 Å². The van der Waals surface area contributed by atoms with E-state index in [-0.39, 0.29) is 10.9 Å². The zero-order valence-corrected chi connectivity index (χ0v) is 14.6. The van der Waals surface area contributed by atoms with Crippen LogP contribution in [0.15, 0.2) is 51.9 Å². The van der Waals surface area contributed by atoms with E-state index >= 15 is 0 Å². The van der Waals surface area contributed by atoms with Gasteiger partial charge in [-0.15, -0.1) is 0 Å². The van der Waals surface area contributed by atoms with E-state index < -0.39 is 10.0 Å². The van der Waals surface area contributed by atoms with Crippen molar-refractivity contribution in [1.29, 1.82) is 0 Å². The van der Waals surface area contributed by atoms with Gasteiger partial charge in [0, 0.05) is 16.6 Å². The summed E-state index contributed by atoms with van der Waals surface area (Å²) in [6.07, 6.45) is 1.30. The van der Waals surface area contributed by atoms with Crippen molar-refractivity contribution in [3.8, 4) is 0 Å². The molecule has 0 aliphatic heterocycles. The number of hydrogen-bond donors (Lipinski definition) is 2. The number of sulfonamides is 1. The van der Waals surface area contributed by atoms with Crippen LogP contribution in [0.2, 0.25) is 5.02 Å². The molecule has 1 aromatic carbocycles. The van der Waals surface area contributed by atoms with E-state index in [9.17, 15) is 8.42 Å². The molecule has 0 fully saturated rings. The summed E-state index contributed by atoms with van der Waals surface area (Å²) in [5, 5.41) is 4.75. The first-order valence-electron chi connectivity index (χ1n) is 7.24. The monoisotopic (exact) mass is 365 g/mol. The number of hydrogen-bond acceptors (Lipinski definition) is 5. The predicted molar refractivity (Wildman–Crippen MR) is 93.7 cm³/mol. The smallest absolute Gasteiger partial charge is 0.241 e. The van der Waals surface area contributed by atoms with Gasteiger partial charge >= 0.3 is 0 Å². The maximum Gasteiger partial charge on any atom is 0.241 e. The summed E-state index contributed by atoms with van der Waals surface area (Å²) in [6, 6.07) is 10.3. The molecule has 0 aliphatic rings. The fourth-order valence-corrected chi connectivity index (χ4v) is 3.14. The van der Waals surface area contributed by atoms with Crippen molar-refractivity contribution in [2.45, 2.75) is 17.9 Å². The van der Waals surface area contributed by atoms with E-state index in [0.29, 0.717) is 10.8 Å². The standard InChI is InChI=1S/C16H16ClN3O3S/c1-10(15-8-11-7-12(17)3-5-14(11)23-15)20-16-6-4-13(9-19-16)24(21,22)18-2/h3-10,18H,1-2H3,(H,19,20). The third-order valence-corrected chi connectivity index (χ3v) is 5.24. The van der Waals surface area contributed by atoms with Crippen LogP contribution in [-0.2, 0) is 10.0 Å². The second-order valence-corrected chi connectivity index (χ2v) is 7.61. The highest BCUT2D eigenvalue weighted by atomic mass is 35.5. The minimum absolute atomic E-state index is 0.113. The predicted octanol–water partition coefficient (Wildman–Crippen LogP) is 3.56. The zero-order valence-electron chi connectivity index (χ0n) is 13.1. The Morgan fingerprint density at radius 2 is 2.00 bits per heavy atom. The number of benzene rings is 1. The maximum absolute atomic E-state index is 11.7. The van der Waals surface area contributed by atoms with Crippen molar-refractivity contribution in [2.24, 2.45) is 0 Å². The van der Waals surface area contributed by atoms with Crippen molar-refractivity contribution in [3.05, 3.63) is 53.4 Å². The molecular weight excluding hydrogens is 350 g/mol. The van der Waals surface area contributed by atoms with Crippen LogP contribution in [0.3, 0.4) is 0 Å². The largest absolute Gasteiger partial charge is 0.459 e. The highest BCUT2D eigenvalue weighted by Gasteiger charge is 2.14. The van der Waals surface area contributed by atoms with Gasteiger partial charge in [0.15, 0.2) is 0 Å². The highest BCUT2D eigenvalue weighted by Crippen LogP contribution is 2.28.